The number of methoxy groups -OCH3 is 1. The average molecular weight is 170 g/mol. The molecular formula is C9H14O3. The first-order chi connectivity index (χ1) is 5.72. The van der Waals surface area contributed by atoms with Gasteiger partial charge >= 0.3 is 6.16 Å². The summed E-state index contributed by atoms with van der Waals surface area (Å²) in [6, 6.07) is 0. The molecule has 0 atom stereocenters. The summed E-state index contributed by atoms with van der Waals surface area (Å²) < 4.78 is 9.55. The molecule has 12 heavy (non-hydrogen) atoms. The maximum absolute atomic E-state index is 10.8. The minimum atomic E-state index is -0.614. The Balaban J connectivity index is 2.55. The van der Waals surface area contributed by atoms with E-state index < -0.39 is 11.8 Å². The van der Waals surface area contributed by atoms with Crippen molar-refractivity contribution in [2.24, 2.45) is 0 Å². The van der Waals surface area contributed by atoms with E-state index in [1.807, 2.05) is 0 Å². The fourth-order valence-electron chi connectivity index (χ4n) is 1.53. The van der Waals surface area contributed by atoms with Gasteiger partial charge < -0.3 is 9.47 Å². The van der Waals surface area contributed by atoms with Gasteiger partial charge in [-0.05, 0) is 31.8 Å². The highest BCUT2D eigenvalue weighted by atomic mass is 16.7. The van der Waals surface area contributed by atoms with Gasteiger partial charge in [0.2, 0.25) is 0 Å². The first-order valence-electron chi connectivity index (χ1n) is 4.13. The summed E-state index contributed by atoms with van der Waals surface area (Å²) in [6.45, 7) is 3.67. The van der Waals surface area contributed by atoms with Crippen LogP contribution in [0.5, 0.6) is 0 Å². The normalized spacial score (nSPS) is 20.1. The number of carbonyl (C=O) groups excluding carboxylic acids is 1. The van der Waals surface area contributed by atoms with Crippen LogP contribution in [0.1, 0.15) is 25.7 Å². The molecule has 0 bridgehead atoms. The quantitative estimate of drug-likeness (QED) is 0.471. The van der Waals surface area contributed by atoms with E-state index in [4.69, 9.17) is 4.74 Å². The fraction of sp³-hybridized carbons (Fsp3) is 0.667. The van der Waals surface area contributed by atoms with Gasteiger partial charge in [0.05, 0.1) is 7.11 Å². The number of hydrogen-bond acceptors (Lipinski definition) is 3. The van der Waals surface area contributed by atoms with E-state index in [9.17, 15) is 4.79 Å². The van der Waals surface area contributed by atoms with Crippen LogP contribution in [0.25, 0.3) is 0 Å². The largest absolute Gasteiger partial charge is 0.508 e. The van der Waals surface area contributed by atoms with Crippen molar-refractivity contribution in [3.63, 3.8) is 0 Å². The highest BCUT2D eigenvalue weighted by molar-refractivity contribution is 5.60. The molecule has 1 fully saturated rings. The van der Waals surface area contributed by atoms with Gasteiger partial charge in [-0.1, -0.05) is 6.58 Å². The molecule has 0 aromatic carbocycles. The molecule has 1 saturated carbocycles. The molecule has 0 aromatic rings. The summed E-state index contributed by atoms with van der Waals surface area (Å²) in [7, 11) is 1.31. The van der Waals surface area contributed by atoms with Crippen LogP contribution in [-0.2, 0) is 9.47 Å². The first kappa shape index (κ1) is 9.10. The van der Waals surface area contributed by atoms with Crippen molar-refractivity contribution >= 4 is 6.16 Å². The molecule has 0 heterocycles. The van der Waals surface area contributed by atoms with Gasteiger partial charge in [-0.25, -0.2) is 4.79 Å². The van der Waals surface area contributed by atoms with Gasteiger partial charge in [-0.15, -0.1) is 0 Å². The molecule has 0 radical (unpaired) electrons. The zero-order chi connectivity index (χ0) is 9.03. The number of hydrogen-bond donors (Lipinski definition) is 0. The zero-order valence-electron chi connectivity index (χ0n) is 7.34. The molecular weight excluding hydrogens is 156 g/mol. The number of rotatable bonds is 2. The molecule has 0 aliphatic heterocycles. The van der Waals surface area contributed by atoms with Crippen LogP contribution in [0, 0.1) is 0 Å². The van der Waals surface area contributed by atoms with Gasteiger partial charge in [-0.2, -0.15) is 0 Å². The summed E-state index contributed by atoms with van der Waals surface area (Å²) in [4.78, 5) is 10.8. The first-order valence-corrected chi connectivity index (χ1v) is 4.13. The predicted molar refractivity (Wildman–Crippen MR) is 44.9 cm³/mol. The van der Waals surface area contributed by atoms with E-state index in [0.717, 1.165) is 25.7 Å². The molecule has 1 aliphatic rings. The maximum Gasteiger partial charge on any atom is 0.508 e. The Morgan fingerprint density at radius 1 is 1.50 bits per heavy atom. The second kappa shape index (κ2) is 3.61. The van der Waals surface area contributed by atoms with Crippen LogP contribution < -0.4 is 0 Å². The van der Waals surface area contributed by atoms with Gasteiger partial charge in [0, 0.05) is 0 Å². The standard InChI is InChI=1S/C9H14O3/c1-3-9(6-4-5-7-9)12-8(10)11-2/h3H,1,4-7H2,2H3. The summed E-state index contributed by atoms with van der Waals surface area (Å²) in [6.07, 6.45) is 5.00. The highest BCUT2D eigenvalue weighted by Crippen LogP contribution is 2.34. The Kier molecular flexibility index (Phi) is 2.74. The van der Waals surface area contributed by atoms with Crippen LogP contribution in [0.4, 0.5) is 4.79 Å². The van der Waals surface area contributed by atoms with E-state index >= 15 is 0 Å². The lowest BCUT2D eigenvalue weighted by Gasteiger charge is -2.23. The van der Waals surface area contributed by atoms with Crippen molar-refractivity contribution in [1.82, 2.24) is 0 Å². The average Bonchev–Trinajstić information content (AvgIpc) is 2.54. The van der Waals surface area contributed by atoms with Gasteiger partial charge in [0.15, 0.2) is 0 Å². The Morgan fingerprint density at radius 3 is 2.50 bits per heavy atom. The Bertz CT molecular complexity index is 180. The van der Waals surface area contributed by atoms with Crippen LogP contribution >= 0.6 is 0 Å². The summed E-state index contributed by atoms with van der Waals surface area (Å²) in [5.74, 6) is 0. The van der Waals surface area contributed by atoms with Crippen molar-refractivity contribution in [3.05, 3.63) is 12.7 Å². The lowest BCUT2D eigenvalue weighted by molar-refractivity contribution is 0.00316. The minimum Gasteiger partial charge on any atom is -0.438 e. The Morgan fingerprint density at radius 2 is 2.08 bits per heavy atom. The van der Waals surface area contributed by atoms with Gasteiger partial charge in [0.25, 0.3) is 0 Å². The smallest absolute Gasteiger partial charge is 0.438 e. The predicted octanol–water partition coefficient (Wildman–Crippen LogP) is 2.27. The number of carbonyl (C=O) groups is 1. The molecule has 68 valence electrons. The third kappa shape index (κ3) is 1.78. The summed E-state index contributed by atoms with van der Waals surface area (Å²) >= 11 is 0. The molecule has 0 N–H and O–H groups in total. The van der Waals surface area contributed by atoms with E-state index in [-0.39, 0.29) is 0 Å². The van der Waals surface area contributed by atoms with Crippen molar-refractivity contribution in [2.45, 2.75) is 31.3 Å². The highest BCUT2D eigenvalue weighted by Gasteiger charge is 2.34. The lowest BCUT2D eigenvalue weighted by atomic mass is 10.0. The molecule has 0 unspecified atom stereocenters. The van der Waals surface area contributed by atoms with Crippen LogP contribution in [0.3, 0.4) is 0 Å². The van der Waals surface area contributed by atoms with E-state index in [2.05, 4.69) is 11.3 Å². The SMILES string of the molecule is C=CC1(OC(=O)OC)CCCC1. The Labute approximate surface area is 72.4 Å². The minimum absolute atomic E-state index is 0.451. The molecule has 1 aliphatic carbocycles. The molecule has 0 amide bonds. The van der Waals surface area contributed by atoms with E-state index in [1.165, 1.54) is 7.11 Å². The van der Waals surface area contributed by atoms with Crippen molar-refractivity contribution in [2.75, 3.05) is 7.11 Å². The zero-order valence-corrected chi connectivity index (χ0v) is 7.34. The van der Waals surface area contributed by atoms with E-state index in [1.54, 1.807) is 6.08 Å². The van der Waals surface area contributed by atoms with Crippen molar-refractivity contribution < 1.29 is 14.3 Å². The summed E-state index contributed by atoms with van der Waals surface area (Å²) in [5, 5.41) is 0. The third-order valence-electron chi connectivity index (χ3n) is 2.28. The van der Waals surface area contributed by atoms with Crippen molar-refractivity contribution in [1.29, 1.82) is 0 Å². The monoisotopic (exact) mass is 170 g/mol. The van der Waals surface area contributed by atoms with Crippen molar-refractivity contribution in [3.8, 4) is 0 Å². The molecule has 0 aromatic heterocycles. The molecule has 0 saturated heterocycles. The molecule has 1 rings (SSSR count). The maximum atomic E-state index is 10.8. The van der Waals surface area contributed by atoms with Crippen LogP contribution in [-0.4, -0.2) is 18.9 Å². The van der Waals surface area contributed by atoms with E-state index in [0.29, 0.717) is 0 Å². The second-order valence-corrected chi connectivity index (χ2v) is 3.03. The van der Waals surface area contributed by atoms with Gasteiger partial charge in [0.1, 0.15) is 5.60 Å². The number of ether oxygens (including phenoxy) is 2. The Hall–Kier alpha value is -0.990. The second-order valence-electron chi connectivity index (χ2n) is 3.03. The topological polar surface area (TPSA) is 35.5 Å². The van der Waals surface area contributed by atoms with Gasteiger partial charge in [-0.3, -0.25) is 0 Å². The lowest BCUT2D eigenvalue weighted by Crippen LogP contribution is -2.29. The van der Waals surface area contributed by atoms with Crippen LogP contribution in [0.2, 0.25) is 0 Å². The molecule has 3 heteroatoms. The van der Waals surface area contributed by atoms with Crippen LogP contribution in [0.15, 0.2) is 12.7 Å². The fourth-order valence-corrected chi connectivity index (χ4v) is 1.53. The summed E-state index contributed by atoms with van der Waals surface area (Å²) in [5.41, 5.74) is -0.451. The molecule has 0 spiro atoms. The third-order valence-corrected chi connectivity index (χ3v) is 2.28. The molecule has 3 nitrogen and oxygen atoms in total.